The lowest BCUT2D eigenvalue weighted by Gasteiger charge is -2.19. The van der Waals surface area contributed by atoms with Gasteiger partial charge in [-0.3, -0.25) is 4.79 Å². The van der Waals surface area contributed by atoms with E-state index in [1.807, 2.05) is 0 Å². The van der Waals surface area contributed by atoms with E-state index in [1.54, 1.807) is 19.1 Å². The maximum Gasteiger partial charge on any atom is 0.243 e. The zero-order chi connectivity index (χ0) is 17.0. The number of hydrogen-bond acceptors (Lipinski definition) is 4. The number of carbonyl (C=O) groups excluding carboxylic acids is 1. The van der Waals surface area contributed by atoms with Crippen molar-refractivity contribution < 1.29 is 17.9 Å². The van der Waals surface area contributed by atoms with Crippen LogP contribution in [0.4, 0.5) is 0 Å². The van der Waals surface area contributed by atoms with Crippen LogP contribution in [0.1, 0.15) is 31.2 Å². The summed E-state index contributed by atoms with van der Waals surface area (Å²) in [4.78, 5) is 12.2. The first kappa shape index (κ1) is 17.7. The first-order valence-electron chi connectivity index (χ1n) is 7.75. The van der Waals surface area contributed by atoms with Gasteiger partial charge < -0.3 is 10.1 Å². The summed E-state index contributed by atoms with van der Waals surface area (Å²) in [6.45, 7) is 1.61. The Bertz CT molecular complexity index is 667. The largest absolute Gasteiger partial charge is 0.496 e. The average molecular weight is 340 g/mol. The molecule has 1 aromatic carbocycles. The van der Waals surface area contributed by atoms with Crippen molar-refractivity contribution in [2.24, 2.45) is 0 Å². The fourth-order valence-electron chi connectivity index (χ4n) is 2.82. The Balaban J connectivity index is 2.05. The summed E-state index contributed by atoms with van der Waals surface area (Å²) in [6, 6.07) is 4.85. The summed E-state index contributed by atoms with van der Waals surface area (Å²) in [5.41, 5.74) is 0.734. The van der Waals surface area contributed by atoms with Crippen molar-refractivity contribution in [3.63, 3.8) is 0 Å². The molecule has 6 nitrogen and oxygen atoms in total. The van der Waals surface area contributed by atoms with E-state index in [1.165, 1.54) is 20.2 Å². The lowest BCUT2D eigenvalue weighted by Crippen LogP contribution is -2.41. The zero-order valence-corrected chi connectivity index (χ0v) is 14.6. The summed E-state index contributed by atoms with van der Waals surface area (Å²) < 4.78 is 31.3. The van der Waals surface area contributed by atoms with E-state index in [2.05, 4.69) is 5.32 Å². The molecule has 0 aromatic heterocycles. The lowest BCUT2D eigenvalue weighted by molar-refractivity contribution is -0.121. The van der Waals surface area contributed by atoms with Crippen LogP contribution in [-0.4, -0.2) is 45.4 Å². The number of rotatable bonds is 6. The number of aryl methyl sites for hydroxylation is 1. The van der Waals surface area contributed by atoms with Crippen molar-refractivity contribution in [1.29, 1.82) is 0 Å². The van der Waals surface area contributed by atoms with Gasteiger partial charge in [0.15, 0.2) is 0 Å². The van der Waals surface area contributed by atoms with Gasteiger partial charge in [-0.2, -0.15) is 4.31 Å². The number of amides is 1. The summed E-state index contributed by atoms with van der Waals surface area (Å²) in [6.07, 6.45) is 4.17. The zero-order valence-electron chi connectivity index (χ0n) is 13.8. The van der Waals surface area contributed by atoms with Gasteiger partial charge in [0, 0.05) is 13.1 Å². The topological polar surface area (TPSA) is 75.7 Å². The van der Waals surface area contributed by atoms with Gasteiger partial charge in [0.1, 0.15) is 5.75 Å². The predicted octanol–water partition coefficient (Wildman–Crippen LogP) is 1.68. The van der Waals surface area contributed by atoms with Crippen LogP contribution in [0.15, 0.2) is 23.1 Å². The molecule has 0 atom stereocenters. The maximum atomic E-state index is 12.6. The number of ether oxygens (including phenoxy) is 1. The second-order valence-corrected chi connectivity index (χ2v) is 7.99. The molecule has 23 heavy (non-hydrogen) atoms. The molecule has 0 bridgehead atoms. The molecule has 1 aromatic rings. The number of benzene rings is 1. The normalized spacial score (nSPS) is 15.8. The highest BCUT2D eigenvalue weighted by Crippen LogP contribution is 2.23. The molecule has 128 valence electrons. The summed E-state index contributed by atoms with van der Waals surface area (Å²) in [5.74, 6) is 0.374. The van der Waals surface area contributed by atoms with Gasteiger partial charge in [0.25, 0.3) is 0 Å². The van der Waals surface area contributed by atoms with Crippen molar-refractivity contribution in [2.75, 3.05) is 20.7 Å². The molecule has 2 rings (SSSR count). The smallest absolute Gasteiger partial charge is 0.243 e. The molecule has 0 aliphatic heterocycles. The molecule has 1 saturated carbocycles. The quantitative estimate of drug-likeness (QED) is 0.855. The second kappa shape index (κ2) is 7.31. The molecule has 0 unspecified atom stereocenters. The molecule has 1 aliphatic rings. The number of carbonyl (C=O) groups is 1. The fourth-order valence-corrected chi connectivity index (χ4v) is 4.03. The van der Waals surface area contributed by atoms with Crippen LogP contribution in [0.25, 0.3) is 0 Å². The van der Waals surface area contributed by atoms with Crippen molar-refractivity contribution in [3.05, 3.63) is 23.8 Å². The average Bonchev–Trinajstić information content (AvgIpc) is 2.99. The third-order valence-electron chi connectivity index (χ3n) is 4.16. The van der Waals surface area contributed by atoms with E-state index >= 15 is 0 Å². The van der Waals surface area contributed by atoms with Gasteiger partial charge in [-0.1, -0.05) is 12.8 Å². The number of nitrogens with one attached hydrogen (secondary N) is 1. The van der Waals surface area contributed by atoms with E-state index in [4.69, 9.17) is 4.74 Å². The van der Waals surface area contributed by atoms with Gasteiger partial charge in [-0.25, -0.2) is 8.42 Å². The highest BCUT2D eigenvalue weighted by atomic mass is 32.2. The Kier molecular flexibility index (Phi) is 5.64. The van der Waals surface area contributed by atoms with E-state index in [-0.39, 0.29) is 23.4 Å². The molecular weight excluding hydrogens is 316 g/mol. The molecule has 1 amide bonds. The van der Waals surface area contributed by atoms with E-state index < -0.39 is 10.0 Å². The minimum atomic E-state index is -3.70. The Morgan fingerprint density at radius 2 is 2.00 bits per heavy atom. The molecule has 0 radical (unpaired) electrons. The van der Waals surface area contributed by atoms with Crippen LogP contribution in [-0.2, 0) is 14.8 Å². The van der Waals surface area contributed by atoms with Crippen molar-refractivity contribution in [3.8, 4) is 5.75 Å². The molecule has 1 fully saturated rings. The highest BCUT2D eigenvalue weighted by molar-refractivity contribution is 7.89. The van der Waals surface area contributed by atoms with Crippen molar-refractivity contribution in [2.45, 2.75) is 43.5 Å². The van der Waals surface area contributed by atoms with Crippen LogP contribution in [0.3, 0.4) is 0 Å². The lowest BCUT2D eigenvalue weighted by atomic mass is 10.2. The van der Waals surface area contributed by atoms with Crippen molar-refractivity contribution >= 4 is 15.9 Å². The van der Waals surface area contributed by atoms with Gasteiger partial charge in [0.2, 0.25) is 15.9 Å². The van der Waals surface area contributed by atoms with Crippen LogP contribution >= 0.6 is 0 Å². The number of nitrogens with zero attached hydrogens (tertiary/aromatic N) is 1. The van der Waals surface area contributed by atoms with Gasteiger partial charge in [-0.05, 0) is 43.5 Å². The molecule has 7 heteroatoms. The Labute approximate surface area is 137 Å². The number of hydrogen-bond donors (Lipinski definition) is 1. The van der Waals surface area contributed by atoms with Crippen LogP contribution in [0, 0.1) is 6.92 Å². The number of methoxy groups -OCH3 is 1. The Hall–Kier alpha value is -1.60. The van der Waals surface area contributed by atoms with E-state index in [0.717, 1.165) is 35.6 Å². The maximum absolute atomic E-state index is 12.6. The van der Waals surface area contributed by atoms with Crippen LogP contribution < -0.4 is 10.1 Å². The number of likely N-dealkylation sites (N-methyl/N-ethyl adjacent to an activating group) is 1. The first-order chi connectivity index (χ1) is 10.8. The minimum Gasteiger partial charge on any atom is -0.496 e. The second-order valence-electron chi connectivity index (χ2n) is 5.94. The molecule has 0 spiro atoms. The monoisotopic (exact) mass is 340 g/mol. The summed E-state index contributed by atoms with van der Waals surface area (Å²) >= 11 is 0. The molecule has 0 heterocycles. The summed E-state index contributed by atoms with van der Waals surface area (Å²) in [5, 5.41) is 2.90. The van der Waals surface area contributed by atoms with Crippen LogP contribution in [0.2, 0.25) is 0 Å². The van der Waals surface area contributed by atoms with Gasteiger partial charge in [-0.15, -0.1) is 0 Å². The molecule has 1 N–H and O–H groups in total. The van der Waals surface area contributed by atoms with Gasteiger partial charge >= 0.3 is 0 Å². The Morgan fingerprint density at radius 1 is 1.35 bits per heavy atom. The van der Waals surface area contributed by atoms with Crippen molar-refractivity contribution in [1.82, 2.24) is 9.62 Å². The molecule has 1 aliphatic carbocycles. The third kappa shape index (κ3) is 4.23. The fraction of sp³-hybridized carbons (Fsp3) is 0.562. The van der Waals surface area contributed by atoms with E-state index in [0.29, 0.717) is 5.75 Å². The highest BCUT2D eigenvalue weighted by Gasteiger charge is 2.25. The first-order valence-corrected chi connectivity index (χ1v) is 9.19. The van der Waals surface area contributed by atoms with Crippen LogP contribution in [0.5, 0.6) is 5.75 Å². The van der Waals surface area contributed by atoms with E-state index in [9.17, 15) is 13.2 Å². The SMILES string of the molecule is COc1ccc(S(=O)(=O)N(C)CC(=O)NC2CCCC2)cc1C. The standard InChI is InChI=1S/C16H24N2O4S/c1-12-10-14(8-9-15(12)22-3)23(20,21)18(2)11-16(19)17-13-6-4-5-7-13/h8-10,13H,4-7,11H2,1-3H3,(H,17,19). The molecular formula is C16H24N2O4S. The predicted molar refractivity (Wildman–Crippen MR) is 87.9 cm³/mol. The Morgan fingerprint density at radius 3 is 2.57 bits per heavy atom. The number of sulfonamides is 1. The minimum absolute atomic E-state index is 0.159. The molecule has 0 saturated heterocycles. The third-order valence-corrected chi connectivity index (χ3v) is 5.96. The van der Waals surface area contributed by atoms with Gasteiger partial charge in [0.05, 0.1) is 18.6 Å². The summed E-state index contributed by atoms with van der Waals surface area (Å²) in [7, 11) is -0.741.